The maximum atomic E-state index is 11.4. The number of carbonyl (C=O) groups is 1. The number of nitrogens with zero attached hydrogens (tertiary/aromatic N) is 1. The molecule has 2 heterocycles. The fourth-order valence-electron chi connectivity index (χ4n) is 2.95. The predicted octanol–water partition coefficient (Wildman–Crippen LogP) is 6.84. The zero-order chi connectivity index (χ0) is 20.6. The molecule has 2 aromatic heterocycles. The molecule has 0 spiro atoms. The van der Waals surface area contributed by atoms with Crippen LogP contribution in [-0.4, -0.2) is 16.1 Å². The second-order valence-electron chi connectivity index (χ2n) is 7.86. The molecule has 0 bridgehead atoms. The van der Waals surface area contributed by atoms with Crippen molar-refractivity contribution in [2.75, 3.05) is 0 Å². The molecule has 0 saturated carbocycles. The fourth-order valence-corrected chi connectivity index (χ4v) is 4.93. The molecule has 4 rings (SSSR count). The van der Waals surface area contributed by atoms with Crippen LogP contribution < -0.4 is 0 Å². The molecule has 0 aliphatic rings. The lowest BCUT2D eigenvalue weighted by Gasteiger charge is -2.13. The smallest absolute Gasteiger partial charge is 0.336 e. The molecule has 0 unspecified atom stereocenters. The minimum atomic E-state index is -0.902. The fraction of sp³-hybridized carbons (Fsp3) is 0.217. The van der Waals surface area contributed by atoms with E-state index in [1.807, 2.05) is 30.3 Å². The van der Waals surface area contributed by atoms with Crippen LogP contribution >= 0.6 is 23.1 Å². The molecule has 4 nitrogen and oxygen atoms in total. The Kier molecular flexibility index (Phi) is 5.23. The van der Waals surface area contributed by atoms with Crippen molar-refractivity contribution in [1.29, 1.82) is 0 Å². The molecule has 1 N–H and O–H groups in total. The van der Waals surface area contributed by atoms with E-state index >= 15 is 0 Å². The first-order chi connectivity index (χ1) is 13.8. The van der Waals surface area contributed by atoms with E-state index in [9.17, 15) is 9.90 Å². The molecular weight excluding hydrogens is 402 g/mol. The lowest BCUT2D eigenvalue weighted by molar-refractivity contribution is 0.0693. The lowest BCUT2D eigenvalue weighted by Crippen LogP contribution is -2.11. The zero-order valence-electron chi connectivity index (χ0n) is 16.4. The molecule has 2 aromatic carbocycles. The van der Waals surface area contributed by atoms with Gasteiger partial charge in [-0.3, -0.25) is 0 Å². The van der Waals surface area contributed by atoms with Crippen LogP contribution in [0.5, 0.6) is 0 Å². The van der Waals surface area contributed by atoms with Gasteiger partial charge in [0.25, 0.3) is 0 Å². The third kappa shape index (κ3) is 4.23. The Bertz CT molecular complexity index is 1180. The molecule has 0 atom stereocenters. The maximum Gasteiger partial charge on any atom is 0.336 e. The molecule has 29 heavy (non-hydrogen) atoms. The highest BCUT2D eigenvalue weighted by Gasteiger charge is 2.19. The molecule has 0 saturated heterocycles. The third-order valence-corrected chi connectivity index (χ3v) is 6.58. The first kappa shape index (κ1) is 19.7. The minimum Gasteiger partial charge on any atom is -0.478 e. The van der Waals surface area contributed by atoms with Gasteiger partial charge in [-0.05, 0) is 35.9 Å². The average molecular weight is 424 g/mol. The van der Waals surface area contributed by atoms with E-state index < -0.39 is 5.97 Å². The second-order valence-corrected chi connectivity index (χ2v) is 9.74. The first-order valence-corrected chi connectivity index (χ1v) is 11.1. The van der Waals surface area contributed by atoms with Gasteiger partial charge in [0.15, 0.2) is 10.8 Å². The highest BCUT2D eigenvalue weighted by Crippen LogP contribution is 2.34. The summed E-state index contributed by atoms with van der Waals surface area (Å²) in [7, 11) is 0. The SMILES string of the molecule is CC(C)(C)c1csc(-c2cc3cc(CSc4ccccc4C(=O)O)ccc3o2)n1. The van der Waals surface area contributed by atoms with E-state index in [2.05, 4.69) is 32.2 Å². The molecule has 0 aliphatic heterocycles. The van der Waals surface area contributed by atoms with Gasteiger partial charge in [0, 0.05) is 26.8 Å². The van der Waals surface area contributed by atoms with Gasteiger partial charge in [0.05, 0.1) is 11.3 Å². The Labute approximate surface area is 177 Å². The number of hydrogen-bond donors (Lipinski definition) is 1. The standard InChI is InChI=1S/C23H21NO3S2/c1-23(2,3)20-13-29-21(24-20)18-11-15-10-14(8-9-17(15)27-18)12-28-19-7-5-4-6-16(19)22(25)26/h4-11,13H,12H2,1-3H3,(H,25,26). The Morgan fingerprint density at radius 1 is 1.17 bits per heavy atom. The summed E-state index contributed by atoms with van der Waals surface area (Å²) in [5.74, 6) is 0.564. The Hall–Kier alpha value is -2.57. The van der Waals surface area contributed by atoms with Crippen LogP contribution in [-0.2, 0) is 11.2 Å². The summed E-state index contributed by atoms with van der Waals surface area (Å²) in [5.41, 5.74) is 3.35. The predicted molar refractivity (Wildman–Crippen MR) is 119 cm³/mol. The highest BCUT2D eigenvalue weighted by atomic mass is 32.2. The van der Waals surface area contributed by atoms with Crippen molar-refractivity contribution in [2.45, 2.75) is 36.8 Å². The summed E-state index contributed by atoms with van der Waals surface area (Å²) in [4.78, 5) is 16.9. The van der Waals surface area contributed by atoms with Crippen molar-refractivity contribution in [3.63, 3.8) is 0 Å². The molecule has 148 valence electrons. The summed E-state index contributed by atoms with van der Waals surface area (Å²) in [6.45, 7) is 6.45. The van der Waals surface area contributed by atoms with Gasteiger partial charge < -0.3 is 9.52 Å². The van der Waals surface area contributed by atoms with Gasteiger partial charge in [-0.2, -0.15) is 0 Å². The summed E-state index contributed by atoms with van der Waals surface area (Å²) in [5, 5.41) is 13.3. The number of furan rings is 1. The van der Waals surface area contributed by atoms with Crippen molar-refractivity contribution in [2.24, 2.45) is 0 Å². The number of thiazole rings is 1. The molecule has 0 fully saturated rings. The molecule has 6 heteroatoms. The van der Waals surface area contributed by atoms with E-state index in [0.717, 1.165) is 37.9 Å². The van der Waals surface area contributed by atoms with Gasteiger partial charge >= 0.3 is 5.97 Å². The number of fused-ring (bicyclic) bond motifs is 1. The molecule has 0 aliphatic carbocycles. The second kappa shape index (κ2) is 7.69. The van der Waals surface area contributed by atoms with Crippen molar-refractivity contribution in [1.82, 2.24) is 4.98 Å². The van der Waals surface area contributed by atoms with E-state index in [4.69, 9.17) is 9.40 Å². The van der Waals surface area contributed by atoms with Gasteiger partial charge in [0.2, 0.25) is 0 Å². The van der Waals surface area contributed by atoms with Crippen LogP contribution in [0.4, 0.5) is 0 Å². The van der Waals surface area contributed by atoms with Gasteiger partial charge in [-0.1, -0.05) is 39.0 Å². The number of rotatable bonds is 5. The molecule has 4 aromatic rings. The Morgan fingerprint density at radius 3 is 2.69 bits per heavy atom. The van der Waals surface area contributed by atoms with Crippen LogP contribution in [0.15, 0.2) is 63.2 Å². The average Bonchev–Trinajstić information content (AvgIpc) is 3.32. The molecule has 0 radical (unpaired) electrons. The Morgan fingerprint density at radius 2 is 1.97 bits per heavy atom. The van der Waals surface area contributed by atoms with Gasteiger partial charge in [-0.15, -0.1) is 23.1 Å². The number of benzene rings is 2. The van der Waals surface area contributed by atoms with Gasteiger partial charge in [0.1, 0.15) is 5.58 Å². The molecular formula is C23H21NO3S2. The number of aromatic carboxylic acids is 1. The van der Waals surface area contributed by atoms with Crippen LogP contribution in [0, 0.1) is 0 Å². The summed E-state index contributed by atoms with van der Waals surface area (Å²) >= 11 is 3.12. The summed E-state index contributed by atoms with van der Waals surface area (Å²) < 4.78 is 6.01. The third-order valence-electron chi connectivity index (χ3n) is 4.58. The van der Waals surface area contributed by atoms with Gasteiger partial charge in [-0.25, -0.2) is 9.78 Å². The van der Waals surface area contributed by atoms with Crippen LogP contribution in [0.2, 0.25) is 0 Å². The van der Waals surface area contributed by atoms with Crippen molar-refractivity contribution < 1.29 is 14.3 Å². The quantitative estimate of drug-likeness (QED) is 0.356. The normalized spacial score (nSPS) is 11.8. The van der Waals surface area contributed by atoms with E-state index in [1.165, 1.54) is 11.8 Å². The number of hydrogen-bond acceptors (Lipinski definition) is 5. The van der Waals surface area contributed by atoms with Crippen LogP contribution in [0.3, 0.4) is 0 Å². The Balaban J connectivity index is 1.56. The monoisotopic (exact) mass is 423 g/mol. The van der Waals surface area contributed by atoms with Crippen molar-refractivity contribution >= 4 is 40.0 Å². The minimum absolute atomic E-state index is 0.0113. The first-order valence-electron chi connectivity index (χ1n) is 9.25. The van der Waals surface area contributed by atoms with Crippen molar-refractivity contribution in [3.8, 4) is 10.8 Å². The highest BCUT2D eigenvalue weighted by molar-refractivity contribution is 7.98. The van der Waals surface area contributed by atoms with Crippen LogP contribution in [0.25, 0.3) is 21.7 Å². The number of carboxylic acids is 1. The van der Waals surface area contributed by atoms with E-state index in [0.29, 0.717) is 11.3 Å². The maximum absolute atomic E-state index is 11.4. The van der Waals surface area contributed by atoms with E-state index in [1.54, 1.807) is 23.5 Å². The number of aromatic nitrogens is 1. The topological polar surface area (TPSA) is 63.3 Å². The molecule has 0 amide bonds. The summed E-state index contributed by atoms with van der Waals surface area (Å²) in [6.07, 6.45) is 0. The largest absolute Gasteiger partial charge is 0.478 e. The van der Waals surface area contributed by atoms with Crippen molar-refractivity contribution in [3.05, 3.63) is 70.7 Å². The zero-order valence-corrected chi connectivity index (χ0v) is 18.1. The van der Waals surface area contributed by atoms with Crippen LogP contribution in [0.1, 0.15) is 42.4 Å². The number of carboxylic acid groups (broad SMARTS) is 1. The summed E-state index contributed by atoms with van der Waals surface area (Å²) in [6, 6.07) is 15.2. The number of thioether (sulfide) groups is 1. The van der Waals surface area contributed by atoms with E-state index in [-0.39, 0.29) is 5.41 Å². The lowest BCUT2D eigenvalue weighted by atomic mass is 9.93.